The molecular formula is C18H24N6O3. The van der Waals surface area contributed by atoms with E-state index in [1.165, 1.54) is 0 Å². The van der Waals surface area contributed by atoms with Crippen molar-refractivity contribution in [3.8, 4) is 0 Å². The molecule has 1 aliphatic heterocycles. The lowest BCUT2D eigenvalue weighted by molar-refractivity contribution is 0.1000. The molecule has 1 fully saturated rings. The standard InChI is InChI=1S/C18H24N6O3/c1-12(2)15-10-13(22-27-15)11-21-18(26)24-8-6-23(7-9-24)17-14(16(19)25)4-3-5-20-17/h3-5,10,12H,6-9,11H2,1-2H3,(H2,19,25)(H,21,26). The van der Waals surface area contributed by atoms with E-state index in [-0.39, 0.29) is 11.9 Å². The number of primary amides is 1. The number of carbonyl (C=O) groups excluding carboxylic acids is 2. The van der Waals surface area contributed by atoms with Gasteiger partial charge in [-0.05, 0) is 12.1 Å². The Balaban J connectivity index is 1.53. The Morgan fingerprint density at radius 1 is 1.30 bits per heavy atom. The second-order valence-corrected chi connectivity index (χ2v) is 6.75. The van der Waals surface area contributed by atoms with Crippen LogP contribution in [0.2, 0.25) is 0 Å². The van der Waals surface area contributed by atoms with Crippen LogP contribution < -0.4 is 16.0 Å². The van der Waals surface area contributed by atoms with Crippen molar-refractivity contribution in [2.45, 2.75) is 26.3 Å². The Bertz CT molecular complexity index is 811. The molecular weight excluding hydrogens is 348 g/mol. The summed E-state index contributed by atoms with van der Waals surface area (Å²) in [5.41, 5.74) is 6.51. The zero-order valence-electron chi connectivity index (χ0n) is 15.5. The van der Waals surface area contributed by atoms with E-state index in [9.17, 15) is 9.59 Å². The number of urea groups is 1. The van der Waals surface area contributed by atoms with Crippen LogP contribution in [0.4, 0.5) is 10.6 Å². The van der Waals surface area contributed by atoms with Crippen LogP contribution >= 0.6 is 0 Å². The van der Waals surface area contributed by atoms with Crippen LogP contribution in [-0.4, -0.2) is 53.2 Å². The van der Waals surface area contributed by atoms with E-state index < -0.39 is 5.91 Å². The molecule has 9 heteroatoms. The number of piperazine rings is 1. The number of hydrogen-bond donors (Lipinski definition) is 2. The minimum absolute atomic E-state index is 0.153. The van der Waals surface area contributed by atoms with Crippen molar-refractivity contribution in [3.05, 3.63) is 41.4 Å². The Morgan fingerprint density at radius 3 is 2.67 bits per heavy atom. The molecule has 3 rings (SSSR count). The molecule has 0 saturated carbocycles. The van der Waals surface area contributed by atoms with Gasteiger partial charge in [-0.1, -0.05) is 19.0 Å². The SMILES string of the molecule is CC(C)c1cc(CNC(=O)N2CCN(c3ncccc3C(N)=O)CC2)no1. The van der Waals surface area contributed by atoms with Crippen LogP contribution in [0.25, 0.3) is 0 Å². The van der Waals surface area contributed by atoms with Crippen molar-refractivity contribution in [2.24, 2.45) is 5.73 Å². The van der Waals surface area contributed by atoms with Crippen LogP contribution in [-0.2, 0) is 6.54 Å². The highest BCUT2D eigenvalue weighted by Crippen LogP contribution is 2.19. The lowest BCUT2D eigenvalue weighted by Gasteiger charge is -2.35. The van der Waals surface area contributed by atoms with E-state index in [0.29, 0.717) is 49.8 Å². The fraction of sp³-hybridized carbons (Fsp3) is 0.444. The van der Waals surface area contributed by atoms with Gasteiger partial charge in [0, 0.05) is 44.4 Å². The average molecular weight is 372 g/mol. The molecule has 2 aromatic rings. The van der Waals surface area contributed by atoms with Crippen molar-refractivity contribution >= 4 is 17.8 Å². The number of aromatic nitrogens is 2. The molecule has 0 aliphatic carbocycles. The number of hydrogen-bond acceptors (Lipinski definition) is 6. The summed E-state index contributed by atoms with van der Waals surface area (Å²) in [5, 5.41) is 6.83. The molecule has 1 saturated heterocycles. The molecule has 27 heavy (non-hydrogen) atoms. The largest absolute Gasteiger partial charge is 0.365 e. The first-order valence-corrected chi connectivity index (χ1v) is 8.93. The number of anilines is 1. The number of nitrogens with zero attached hydrogens (tertiary/aromatic N) is 4. The molecule has 3 N–H and O–H groups in total. The quantitative estimate of drug-likeness (QED) is 0.817. The first-order chi connectivity index (χ1) is 13.0. The van der Waals surface area contributed by atoms with Crippen LogP contribution in [0, 0.1) is 0 Å². The molecule has 0 spiro atoms. The molecule has 3 heterocycles. The molecule has 0 unspecified atom stereocenters. The van der Waals surface area contributed by atoms with Crippen LogP contribution in [0.3, 0.4) is 0 Å². The van der Waals surface area contributed by atoms with Gasteiger partial charge in [0.15, 0.2) is 0 Å². The highest BCUT2D eigenvalue weighted by atomic mass is 16.5. The molecule has 2 aromatic heterocycles. The van der Waals surface area contributed by atoms with E-state index in [1.54, 1.807) is 23.2 Å². The summed E-state index contributed by atoms with van der Waals surface area (Å²) in [6, 6.07) is 5.05. The molecule has 1 aliphatic rings. The maximum atomic E-state index is 12.4. The summed E-state index contributed by atoms with van der Waals surface area (Å²) < 4.78 is 5.23. The van der Waals surface area contributed by atoms with Gasteiger partial charge in [0.05, 0.1) is 12.1 Å². The molecule has 9 nitrogen and oxygen atoms in total. The topological polar surface area (TPSA) is 118 Å². The maximum absolute atomic E-state index is 12.4. The van der Waals surface area contributed by atoms with Gasteiger partial charge >= 0.3 is 6.03 Å². The van der Waals surface area contributed by atoms with Crippen LogP contribution in [0.5, 0.6) is 0 Å². The van der Waals surface area contributed by atoms with Crippen molar-refractivity contribution in [1.29, 1.82) is 0 Å². The minimum Gasteiger partial charge on any atom is -0.365 e. The van der Waals surface area contributed by atoms with E-state index in [1.807, 2.05) is 24.8 Å². The molecule has 0 aromatic carbocycles. The Hall–Kier alpha value is -3.10. The normalized spacial score (nSPS) is 14.5. The Kier molecular flexibility index (Phi) is 5.58. The average Bonchev–Trinajstić information content (AvgIpc) is 3.15. The molecule has 0 bridgehead atoms. The second kappa shape index (κ2) is 8.07. The van der Waals surface area contributed by atoms with Gasteiger partial charge in [0.25, 0.3) is 5.91 Å². The lowest BCUT2D eigenvalue weighted by atomic mass is 10.1. The Labute approximate surface area is 157 Å². The summed E-state index contributed by atoms with van der Waals surface area (Å²) in [7, 11) is 0. The van der Waals surface area contributed by atoms with Gasteiger partial charge in [-0.15, -0.1) is 0 Å². The number of rotatable bonds is 5. The van der Waals surface area contributed by atoms with Crippen molar-refractivity contribution in [2.75, 3.05) is 31.1 Å². The van der Waals surface area contributed by atoms with Gasteiger partial charge in [-0.25, -0.2) is 9.78 Å². The number of amides is 3. The van der Waals surface area contributed by atoms with Crippen LogP contribution in [0.15, 0.2) is 28.9 Å². The van der Waals surface area contributed by atoms with Gasteiger partial charge in [0.1, 0.15) is 17.3 Å². The number of carbonyl (C=O) groups is 2. The summed E-state index contributed by atoms with van der Waals surface area (Å²) in [6.07, 6.45) is 1.63. The molecule has 0 atom stereocenters. The summed E-state index contributed by atoms with van der Waals surface area (Å²) >= 11 is 0. The molecule has 3 amide bonds. The van der Waals surface area contributed by atoms with E-state index in [0.717, 1.165) is 5.76 Å². The fourth-order valence-electron chi connectivity index (χ4n) is 2.92. The lowest BCUT2D eigenvalue weighted by Crippen LogP contribution is -2.52. The first kappa shape index (κ1) is 18.7. The van der Waals surface area contributed by atoms with E-state index >= 15 is 0 Å². The van der Waals surface area contributed by atoms with Gasteiger partial charge < -0.3 is 25.4 Å². The van der Waals surface area contributed by atoms with Crippen molar-refractivity contribution < 1.29 is 14.1 Å². The fourth-order valence-corrected chi connectivity index (χ4v) is 2.92. The second-order valence-electron chi connectivity index (χ2n) is 6.75. The summed E-state index contributed by atoms with van der Waals surface area (Å²) in [5.74, 6) is 1.11. The Morgan fingerprint density at radius 2 is 2.04 bits per heavy atom. The zero-order valence-corrected chi connectivity index (χ0v) is 15.5. The highest BCUT2D eigenvalue weighted by Gasteiger charge is 2.24. The van der Waals surface area contributed by atoms with Gasteiger partial charge in [-0.3, -0.25) is 4.79 Å². The maximum Gasteiger partial charge on any atom is 0.317 e. The van der Waals surface area contributed by atoms with Crippen LogP contribution in [0.1, 0.15) is 41.6 Å². The summed E-state index contributed by atoms with van der Waals surface area (Å²) in [4.78, 5) is 31.9. The van der Waals surface area contributed by atoms with E-state index in [4.69, 9.17) is 10.3 Å². The smallest absolute Gasteiger partial charge is 0.317 e. The highest BCUT2D eigenvalue weighted by molar-refractivity contribution is 5.97. The number of nitrogens with two attached hydrogens (primary N) is 1. The monoisotopic (exact) mass is 372 g/mol. The third-order valence-electron chi connectivity index (χ3n) is 4.49. The van der Waals surface area contributed by atoms with Gasteiger partial charge in [0.2, 0.25) is 0 Å². The molecule has 0 radical (unpaired) electrons. The predicted molar refractivity (Wildman–Crippen MR) is 99.4 cm³/mol. The third kappa shape index (κ3) is 4.36. The number of nitrogens with one attached hydrogen (secondary N) is 1. The van der Waals surface area contributed by atoms with Crippen molar-refractivity contribution in [3.63, 3.8) is 0 Å². The minimum atomic E-state index is -0.508. The zero-order chi connectivity index (χ0) is 19.4. The molecule has 144 valence electrons. The summed E-state index contributed by atoms with van der Waals surface area (Å²) in [6.45, 7) is 6.56. The number of pyridine rings is 1. The van der Waals surface area contributed by atoms with Crippen molar-refractivity contribution in [1.82, 2.24) is 20.4 Å². The van der Waals surface area contributed by atoms with Gasteiger partial charge in [-0.2, -0.15) is 0 Å². The first-order valence-electron chi connectivity index (χ1n) is 8.93. The van der Waals surface area contributed by atoms with E-state index in [2.05, 4.69) is 15.5 Å². The predicted octanol–water partition coefficient (Wildman–Crippen LogP) is 1.32. The third-order valence-corrected chi connectivity index (χ3v) is 4.49.